The molecule has 0 saturated carbocycles. The molecule has 2 aromatic carbocycles. The number of urea groups is 1. The zero-order valence-corrected chi connectivity index (χ0v) is 26.6. The maximum Gasteiger partial charge on any atom is 0.410 e. The predicted molar refractivity (Wildman–Crippen MR) is 166 cm³/mol. The minimum Gasteiger partial charge on any atom is -0.436 e. The molecule has 3 saturated heterocycles. The van der Waals surface area contributed by atoms with Crippen molar-refractivity contribution in [1.29, 1.82) is 0 Å². The summed E-state index contributed by atoms with van der Waals surface area (Å²) in [5, 5.41) is 6.33. The summed E-state index contributed by atoms with van der Waals surface area (Å²) in [7, 11) is 0. The lowest BCUT2D eigenvalue weighted by atomic mass is 10.0. The van der Waals surface area contributed by atoms with Gasteiger partial charge in [0.25, 0.3) is 5.91 Å². The Hall–Kier alpha value is -2.67. The average molecular weight is 704 g/mol. The second-order valence-electron chi connectivity index (χ2n) is 11.4. The van der Waals surface area contributed by atoms with Gasteiger partial charge in [-0.2, -0.15) is 0 Å². The number of rotatable bonds is 6. The Balaban J connectivity index is 1.08. The first-order valence-corrected chi connectivity index (χ1v) is 16.2. The van der Waals surface area contributed by atoms with Crippen molar-refractivity contribution in [3.63, 3.8) is 0 Å². The molecule has 3 fully saturated rings. The molecular formula is C30H36Br2N6O4. The van der Waals surface area contributed by atoms with Gasteiger partial charge < -0.3 is 30.1 Å². The highest BCUT2D eigenvalue weighted by molar-refractivity contribution is 9.13. The molecule has 1 atom stereocenters. The minimum absolute atomic E-state index is 0.0393. The van der Waals surface area contributed by atoms with Gasteiger partial charge in [-0.1, -0.05) is 24.3 Å². The Morgan fingerprint density at radius 2 is 1.71 bits per heavy atom. The maximum absolute atomic E-state index is 13.7. The van der Waals surface area contributed by atoms with E-state index in [1.54, 1.807) is 4.90 Å². The van der Waals surface area contributed by atoms with Gasteiger partial charge in [0.15, 0.2) is 6.10 Å². The van der Waals surface area contributed by atoms with E-state index in [1.165, 1.54) is 0 Å². The first-order valence-electron chi connectivity index (χ1n) is 14.6. The van der Waals surface area contributed by atoms with Crippen LogP contribution in [0.4, 0.5) is 15.3 Å². The fourth-order valence-electron chi connectivity index (χ4n) is 6.18. The molecule has 0 radical (unpaired) electrons. The number of fused-ring (bicyclic) bond motifs is 1. The van der Waals surface area contributed by atoms with Gasteiger partial charge in [0.05, 0.1) is 6.67 Å². The fraction of sp³-hybridized carbons (Fsp3) is 0.500. The lowest BCUT2D eigenvalue weighted by Crippen LogP contribution is -2.57. The van der Waals surface area contributed by atoms with E-state index >= 15 is 0 Å². The van der Waals surface area contributed by atoms with E-state index in [0.29, 0.717) is 58.2 Å². The Labute approximate surface area is 263 Å². The number of carbonyl (C=O) groups is 3. The maximum atomic E-state index is 13.7. The molecule has 4 aliphatic heterocycles. The van der Waals surface area contributed by atoms with E-state index in [2.05, 4.69) is 47.4 Å². The van der Waals surface area contributed by atoms with Crippen LogP contribution in [-0.4, -0.2) is 108 Å². The Kier molecular flexibility index (Phi) is 9.04. The Morgan fingerprint density at radius 3 is 2.45 bits per heavy atom. The number of likely N-dealkylation sites (tertiary alicyclic amines) is 1. The third kappa shape index (κ3) is 6.46. The molecule has 1 unspecified atom stereocenters. The van der Waals surface area contributed by atoms with Crippen LogP contribution in [0.3, 0.4) is 0 Å². The van der Waals surface area contributed by atoms with E-state index in [1.807, 2.05) is 52.3 Å². The van der Waals surface area contributed by atoms with Gasteiger partial charge >= 0.3 is 12.1 Å². The van der Waals surface area contributed by atoms with Crippen LogP contribution in [-0.2, 0) is 22.4 Å². The monoisotopic (exact) mass is 702 g/mol. The number of ether oxygens (including phenoxy) is 1. The van der Waals surface area contributed by atoms with E-state index in [4.69, 9.17) is 4.74 Å². The summed E-state index contributed by atoms with van der Waals surface area (Å²) >= 11 is 7.04. The van der Waals surface area contributed by atoms with E-state index < -0.39 is 12.2 Å². The molecule has 6 rings (SSSR count). The number of anilines is 1. The number of halogens is 2. The van der Waals surface area contributed by atoms with E-state index in [0.717, 1.165) is 51.8 Å². The number of benzene rings is 2. The molecule has 2 aromatic rings. The van der Waals surface area contributed by atoms with Gasteiger partial charge in [-0.15, -0.1) is 0 Å². The molecule has 0 bridgehead atoms. The molecule has 4 amide bonds. The highest BCUT2D eigenvalue weighted by Crippen LogP contribution is 2.27. The van der Waals surface area contributed by atoms with Crippen molar-refractivity contribution >= 4 is 55.6 Å². The van der Waals surface area contributed by atoms with Crippen LogP contribution in [0.15, 0.2) is 51.4 Å². The van der Waals surface area contributed by atoms with Gasteiger partial charge in [0, 0.05) is 79.0 Å². The largest absolute Gasteiger partial charge is 0.436 e. The number of hydrogen-bond donors (Lipinski definition) is 2. The number of para-hydroxylation sites is 1. The number of carbonyl (C=O) groups excluding carboxylic acids is 3. The van der Waals surface area contributed by atoms with Gasteiger partial charge in [-0.3, -0.25) is 9.69 Å². The molecule has 0 aromatic heterocycles. The first-order chi connectivity index (χ1) is 20.4. The molecule has 2 N–H and O–H groups in total. The zero-order chi connectivity index (χ0) is 29.2. The lowest BCUT2D eigenvalue weighted by molar-refractivity contribution is -0.140. The van der Waals surface area contributed by atoms with Gasteiger partial charge in [0.1, 0.15) is 0 Å². The molecule has 4 aliphatic rings. The number of amides is 4. The van der Waals surface area contributed by atoms with Crippen LogP contribution >= 0.6 is 31.9 Å². The summed E-state index contributed by atoms with van der Waals surface area (Å²) in [6.07, 6.45) is 1.01. The smallest absolute Gasteiger partial charge is 0.410 e. The van der Waals surface area contributed by atoms with Crippen molar-refractivity contribution in [2.45, 2.75) is 43.9 Å². The standard InChI is InChI=1S/C30H36Br2N6O4/c31-24-6-5-20(15-25(24)32)16-27(28(39)37-14-13-36(19-37)23-17-33-18-23)42-30(41)35-10-8-22(9-11-35)38-12-7-21-3-1-2-4-26(21)34-29(38)40/h1-6,15,22-23,27,33H,7-14,16-19H2,(H,34,40). The third-order valence-corrected chi connectivity index (χ3v) is 10.7. The summed E-state index contributed by atoms with van der Waals surface area (Å²) < 4.78 is 7.78. The number of nitrogens with one attached hydrogen (secondary N) is 2. The van der Waals surface area contributed by atoms with Crippen LogP contribution in [0, 0.1) is 0 Å². The average Bonchev–Trinajstić information content (AvgIpc) is 3.36. The summed E-state index contributed by atoms with van der Waals surface area (Å²) in [4.78, 5) is 47.9. The van der Waals surface area contributed by atoms with Gasteiger partial charge in [0.2, 0.25) is 0 Å². The quantitative estimate of drug-likeness (QED) is 0.474. The van der Waals surface area contributed by atoms with Crippen LogP contribution in [0.5, 0.6) is 0 Å². The summed E-state index contributed by atoms with van der Waals surface area (Å²) in [6, 6.07) is 14.1. The van der Waals surface area contributed by atoms with Crippen LogP contribution in [0.2, 0.25) is 0 Å². The Bertz CT molecular complexity index is 1330. The van der Waals surface area contributed by atoms with Gasteiger partial charge in [-0.05, 0) is 80.4 Å². The Morgan fingerprint density at radius 1 is 0.929 bits per heavy atom. The van der Waals surface area contributed by atoms with Gasteiger partial charge in [-0.25, -0.2) is 9.59 Å². The van der Waals surface area contributed by atoms with Crippen molar-refractivity contribution in [3.8, 4) is 0 Å². The second-order valence-corrected chi connectivity index (χ2v) is 13.2. The summed E-state index contributed by atoms with van der Waals surface area (Å²) in [5.74, 6) is -0.159. The highest BCUT2D eigenvalue weighted by Gasteiger charge is 2.38. The molecule has 42 heavy (non-hydrogen) atoms. The third-order valence-electron chi connectivity index (χ3n) is 8.83. The minimum atomic E-state index is -0.919. The normalized spacial score (nSPS) is 20.9. The first kappa shape index (κ1) is 29.4. The number of hydrogen-bond acceptors (Lipinski definition) is 6. The fourth-order valence-corrected chi connectivity index (χ4v) is 6.85. The molecule has 0 aliphatic carbocycles. The molecule has 4 heterocycles. The summed E-state index contributed by atoms with van der Waals surface area (Å²) in [6.45, 7) is 5.46. The van der Waals surface area contributed by atoms with Crippen LogP contribution in [0.1, 0.15) is 24.0 Å². The van der Waals surface area contributed by atoms with Crippen molar-refractivity contribution < 1.29 is 19.1 Å². The topological polar surface area (TPSA) is 97.5 Å². The number of nitrogens with zero attached hydrogens (tertiary/aromatic N) is 4. The predicted octanol–water partition coefficient (Wildman–Crippen LogP) is 3.89. The zero-order valence-electron chi connectivity index (χ0n) is 23.4. The van der Waals surface area contributed by atoms with Crippen molar-refractivity contribution in [3.05, 3.63) is 62.5 Å². The molecule has 10 nitrogen and oxygen atoms in total. The second kappa shape index (κ2) is 12.9. The van der Waals surface area contributed by atoms with E-state index in [-0.39, 0.29) is 18.0 Å². The van der Waals surface area contributed by atoms with Crippen molar-refractivity contribution in [2.24, 2.45) is 0 Å². The molecule has 12 heteroatoms. The molecule has 0 spiro atoms. The van der Waals surface area contributed by atoms with Crippen LogP contribution in [0.25, 0.3) is 0 Å². The molecular weight excluding hydrogens is 668 g/mol. The van der Waals surface area contributed by atoms with Crippen molar-refractivity contribution in [1.82, 2.24) is 24.9 Å². The lowest BCUT2D eigenvalue weighted by Gasteiger charge is -2.38. The van der Waals surface area contributed by atoms with E-state index in [9.17, 15) is 14.4 Å². The highest BCUT2D eigenvalue weighted by atomic mass is 79.9. The van der Waals surface area contributed by atoms with Crippen LogP contribution < -0.4 is 10.6 Å². The van der Waals surface area contributed by atoms with Crippen molar-refractivity contribution in [2.75, 3.05) is 57.8 Å². The molecule has 224 valence electrons. The summed E-state index contributed by atoms with van der Waals surface area (Å²) in [5.41, 5.74) is 2.90. The number of piperidine rings is 1. The SMILES string of the molecule is O=C(OC(Cc1ccc(Br)c(Br)c1)C(=O)N1CCN(C2CNC2)C1)N1CCC(N2CCc3ccccc3NC2=O)CC1.